The van der Waals surface area contributed by atoms with Crippen LogP contribution in [0, 0.1) is 0 Å². The van der Waals surface area contributed by atoms with E-state index in [2.05, 4.69) is 14.9 Å². The first-order chi connectivity index (χ1) is 7.40. The molecule has 1 aliphatic rings. The number of aliphatic hydroxyl groups is 1. The van der Waals surface area contributed by atoms with Gasteiger partial charge in [0.1, 0.15) is 0 Å². The summed E-state index contributed by atoms with van der Waals surface area (Å²) in [7, 11) is 0. The Hall–Kier alpha value is -0.870. The van der Waals surface area contributed by atoms with E-state index < -0.39 is 0 Å². The summed E-state index contributed by atoms with van der Waals surface area (Å²) in [6.45, 7) is 2.36. The third-order valence-electron chi connectivity index (χ3n) is 2.85. The van der Waals surface area contributed by atoms with Crippen molar-refractivity contribution < 1.29 is 5.11 Å². The van der Waals surface area contributed by atoms with E-state index in [1.165, 1.54) is 18.5 Å². The molecule has 1 fully saturated rings. The molecule has 1 aliphatic carbocycles. The number of H-pyrrole nitrogens is 1. The van der Waals surface area contributed by atoms with E-state index in [0.29, 0.717) is 6.61 Å². The molecule has 1 heterocycles. The molecule has 0 spiro atoms. The second kappa shape index (κ2) is 5.28. The summed E-state index contributed by atoms with van der Waals surface area (Å²) in [4.78, 5) is 9.66. The second-order valence-electron chi connectivity index (χ2n) is 4.21. The molecule has 15 heavy (non-hydrogen) atoms. The van der Waals surface area contributed by atoms with E-state index >= 15 is 0 Å². The van der Waals surface area contributed by atoms with Crippen LogP contribution in [0.1, 0.15) is 31.4 Å². The van der Waals surface area contributed by atoms with Crippen molar-refractivity contribution in [3.8, 4) is 0 Å². The van der Waals surface area contributed by atoms with Gasteiger partial charge in [0.05, 0.1) is 6.33 Å². The molecule has 0 unspecified atom stereocenters. The molecular formula is C11H19N3O. The average molecular weight is 209 g/mol. The van der Waals surface area contributed by atoms with E-state index in [-0.39, 0.29) is 0 Å². The normalized spacial score (nSPS) is 16.1. The van der Waals surface area contributed by atoms with Crippen LogP contribution in [-0.2, 0) is 6.54 Å². The van der Waals surface area contributed by atoms with Crippen LogP contribution in [-0.4, -0.2) is 39.2 Å². The summed E-state index contributed by atoms with van der Waals surface area (Å²) in [5.74, 6) is 0. The maximum absolute atomic E-state index is 8.76. The quantitative estimate of drug-likeness (QED) is 0.662. The van der Waals surface area contributed by atoms with Crippen LogP contribution in [0.5, 0.6) is 0 Å². The van der Waals surface area contributed by atoms with E-state index in [9.17, 15) is 0 Å². The Kier molecular flexibility index (Phi) is 3.75. The zero-order valence-electron chi connectivity index (χ0n) is 9.02. The maximum atomic E-state index is 8.76. The minimum Gasteiger partial charge on any atom is -0.396 e. The van der Waals surface area contributed by atoms with Gasteiger partial charge in [-0.15, -0.1) is 0 Å². The van der Waals surface area contributed by atoms with Gasteiger partial charge in [0.15, 0.2) is 0 Å². The van der Waals surface area contributed by atoms with Crippen LogP contribution in [0.3, 0.4) is 0 Å². The Morgan fingerprint density at radius 1 is 1.47 bits per heavy atom. The van der Waals surface area contributed by atoms with Gasteiger partial charge in [-0.2, -0.15) is 0 Å². The van der Waals surface area contributed by atoms with Crippen LogP contribution in [0.15, 0.2) is 12.5 Å². The lowest BCUT2D eigenvalue weighted by molar-refractivity contribution is 0.227. The van der Waals surface area contributed by atoms with Gasteiger partial charge in [-0.05, 0) is 32.2 Å². The van der Waals surface area contributed by atoms with Crippen molar-refractivity contribution in [3.63, 3.8) is 0 Å². The van der Waals surface area contributed by atoms with Gasteiger partial charge < -0.3 is 10.1 Å². The van der Waals surface area contributed by atoms with Gasteiger partial charge in [0.25, 0.3) is 0 Å². The van der Waals surface area contributed by atoms with Crippen LogP contribution >= 0.6 is 0 Å². The average Bonchev–Trinajstić information content (AvgIpc) is 2.97. The fraction of sp³-hybridized carbons (Fsp3) is 0.727. The molecule has 1 aromatic rings. The van der Waals surface area contributed by atoms with Gasteiger partial charge >= 0.3 is 0 Å². The molecule has 0 radical (unpaired) electrons. The lowest BCUT2D eigenvalue weighted by atomic mass is 10.3. The van der Waals surface area contributed by atoms with Gasteiger partial charge in [0, 0.05) is 31.1 Å². The first kappa shape index (κ1) is 10.6. The molecule has 4 heteroatoms. The lowest BCUT2D eigenvalue weighted by Crippen LogP contribution is -2.27. The molecule has 2 rings (SSSR count). The molecule has 1 saturated carbocycles. The number of nitrogens with zero attached hydrogens (tertiary/aromatic N) is 2. The number of aromatic amines is 1. The van der Waals surface area contributed by atoms with E-state index in [1.54, 1.807) is 6.33 Å². The van der Waals surface area contributed by atoms with Crippen LogP contribution in [0.4, 0.5) is 0 Å². The van der Waals surface area contributed by atoms with Crippen molar-refractivity contribution in [1.82, 2.24) is 14.9 Å². The summed E-state index contributed by atoms with van der Waals surface area (Å²) in [6.07, 6.45) is 8.27. The molecule has 0 saturated heterocycles. The summed E-state index contributed by atoms with van der Waals surface area (Å²) < 4.78 is 0. The zero-order chi connectivity index (χ0) is 10.5. The minimum atomic E-state index is 0.308. The smallest absolute Gasteiger partial charge is 0.0922 e. The lowest BCUT2D eigenvalue weighted by Gasteiger charge is -2.20. The Morgan fingerprint density at radius 3 is 2.93 bits per heavy atom. The fourth-order valence-corrected chi connectivity index (χ4v) is 1.85. The Bertz CT molecular complexity index is 269. The molecule has 0 bridgehead atoms. The molecule has 0 atom stereocenters. The number of hydrogen-bond donors (Lipinski definition) is 2. The molecule has 4 nitrogen and oxygen atoms in total. The van der Waals surface area contributed by atoms with Crippen molar-refractivity contribution in [3.05, 3.63) is 18.2 Å². The Labute approximate surface area is 90.3 Å². The second-order valence-corrected chi connectivity index (χ2v) is 4.21. The predicted octanol–water partition coefficient (Wildman–Crippen LogP) is 1.15. The van der Waals surface area contributed by atoms with Crippen molar-refractivity contribution in [2.24, 2.45) is 0 Å². The van der Waals surface area contributed by atoms with E-state index in [0.717, 1.165) is 32.0 Å². The Balaban J connectivity index is 1.78. The third kappa shape index (κ3) is 3.32. The number of aromatic nitrogens is 2. The molecule has 1 aromatic heterocycles. The largest absolute Gasteiger partial charge is 0.396 e. The Morgan fingerprint density at radius 2 is 2.33 bits per heavy atom. The standard InChI is InChI=1S/C11H19N3O/c15-6-2-1-5-14(11-3-4-11)8-10-7-12-9-13-10/h7,9,11,15H,1-6,8H2,(H,12,13). The molecular weight excluding hydrogens is 190 g/mol. The van der Waals surface area contributed by atoms with Gasteiger partial charge in [-0.1, -0.05) is 0 Å². The number of nitrogens with one attached hydrogen (secondary N) is 1. The van der Waals surface area contributed by atoms with Crippen molar-refractivity contribution in [2.75, 3.05) is 13.2 Å². The highest BCUT2D eigenvalue weighted by atomic mass is 16.2. The fourth-order valence-electron chi connectivity index (χ4n) is 1.85. The molecule has 0 amide bonds. The third-order valence-corrected chi connectivity index (χ3v) is 2.85. The van der Waals surface area contributed by atoms with Crippen LogP contribution < -0.4 is 0 Å². The summed E-state index contributed by atoms with van der Waals surface area (Å²) in [6, 6.07) is 0.770. The molecule has 2 N–H and O–H groups in total. The van der Waals surface area contributed by atoms with Crippen molar-refractivity contribution in [1.29, 1.82) is 0 Å². The van der Waals surface area contributed by atoms with Gasteiger partial charge in [-0.3, -0.25) is 4.90 Å². The highest BCUT2D eigenvalue weighted by molar-refractivity contribution is 4.96. The topological polar surface area (TPSA) is 52.1 Å². The molecule has 0 aliphatic heterocycles. The van der Waals surface area contributed by atoms with E-state index in [4.69, 9.17) is 5.11 Å². The maximum Gasteiger partial charge on any atom is 0.0922 e. The monoisotopic (exact) mass is 209 g/mol. The number of hydrogen-bond acceptors (Lipinski definition) is 3. The SMILES string of the molecule is OCCCCN(Cc1cnc[nH]1)C1CC1. The highest BCUT2D eigenvalue weighted by Crippen LogP contribution is 2.28. The van der Waals surface area contributed by atoms with Crippen molar-refractivity contribution in [2.45, 2.75) is 38.3 Å². The first-order valence-corrected chi connectivity index (χ1v) is 5.72. The summed E-state index contributed by atoms with van der Waals surface area (Å²) in [5, 5.41) is 8.76. The van der Waals surface area contributed by atoms with Crippen molar-refractivity contribution >= 4 is 0 Å². The first-order valence-electron chi connectivity index (χ1n) is 5.72. The van der Waals surface area contributed by atoms with Crippen LogP contribution in [0.2, 0.25) is 0 Å². The number of aliphatic hydroxyl groups excluding tert-OH is 1. The summed E-state index contributed by atoms with van der Waals surface area (Å²) in [5.41, 5.74) is 1.19. The number of unbranched alkanes of at least 4 members (excludes halogenated alkanes) is 1. The zero-order valence-corrected chi connectivity index (χ0v) is 9.02. The minimum absolute atomic E-state index is 0.308. The van der Waals surface area contributed by atoms with Crippen LogP contribution in [0.25, 0.3) is 0 Å². The predicted molar refractivity (Wildman–Crippen MR) is 58.3 cm³/mol. The highest BCUT2D eigenvalue weighted by Gasteiger charge is 2.28. The molecule has 84 valence electrons. The number of rotatable bonds is 7. The van der Waals surface area contributed by atoms with Gasteiger partial charge in [-0.25, -0.2) is 4.98 Å². The molecule has 0 aromatic carbocycles. The summed E-state index contributed by atoms with van der Waals surface area (Å²) >= 11 is 0. The van der Waals surface area contributed by atoms with Gasteiger partial charge in [0.2, 0.25) is 0 Å². The van der Waals surface area contributed by atoms with E-state index in [1.807, 2.05) is 6.20 Å². The number of imidazole rings is 1.